The Morgan fingerprint density at radius 3 is 2.61 bits per heavy atom. The van der Waals surface area contributed by atoms with Crippen LogP contribution in [-0.2, 0) is 14.3 Å². The van der Waals surface area contributed by atoms with E-state index in [1.165, 1.54) is 0 Å². The molecule has 0 saturated carbocycles. The average molecular weight is 320 g/mol. The summed E-state index contributed by atoms with van der Waals surface area (Å²) in [5.41, 5.74) is 0.923. The summed E-state index contributed by atoms with van der Waals surface area (Å²) in [4.78, 5) is 27.9. The van der Waals surface area contributed by atoms with E-state index in [0.29, 0.717) is 32.7 Å². The highest BCUT2D eigenvalue weighted by Crippen LogP contribution is 2.32. The third-order valence-corrected chi connectivity index (χ3v) is 4.16. The highest BCUT2D eigenvalue weighted by atomic mass is 16.5. The smallest absolute Gasteiger partial charge is 0.225 e. The highest BCUT2D eigenvalue weighted by Gasteiger charge is 2.33. The van der Waals surface area contributed by atoms with Gasteiger partial charge in [-0.25, -0.2) is 0 Å². The summed E-state index contributed by atoms with van der Waals surface area (Å²) < 4.78 is 10.4. The molecule has 0 aliphatic carbocycles. The molecule has 0 N–H and O–H groups in total. The minimum absolute atomic E-state index is 0.0221. The Bertz CT molecular complexity index is 561. The summed E-state index contributed by atoms with van der Waals surface area (Å²) in [5, 5.41) is 0. The number of carbonyl (C=O) groups is 2. The van der Waals surface area contributed by atoms with Crippen LogP contribution < -0.4 is 4.74 Å². The number of benzene rings is 1. The first-order valence-corrected chi connectivity index (χ1v) is 7.75. The monoisotopic (exact) mass is 320 g/mol. The molecule has 2 rings (SSSR count). The molecule has 0 bridgehead atoms. The molecule has 1 aromatic carbocycles. The van der Waals surface area contributed by atoms with Gasteiger partial charge in [0.05, 0.1) is 26.2 Å². The van der Waals surface area contributed by atoms with Crippen molar-refractivity contribution in [1.29, 1.82) is 0 Å². The largest absolute Gasteiger partial charge is 0.496 e. The van der Waals surface area contributed by atoms with Gasteiger partial charge in [0.25, 0.3) is 0 Å². The number of para-hydroxylation sites is 1. The zero-order valence-corrected chi connectivity index (χ0v) is 13.9. The van der Waals surface area contributed by atoms with E-state index in [2.05, 4.69) is 0 Å². The molecule has 6 heteroatoms. The van der Waals surface area contributed by atoms with E-state index in [9.17, 15) is 9.59 Å². The molecule has 2 amide bonds. The van der Waals surface area contributed by atoms with E-state index >= 15 is 0 Å². The fourth-order valence-electron chi connectivity index (χ4n) is 2.91. The molecule has 126 valence electrons. The Hall–Kier alpha value is -2.08. The van der Waals surface area contributed by atoms with Crippen molar-refractivity contribution in [3.63, 3.8) is 0 Å². The molecule has 1 aliphatic rings. The van der Waals surface area contributed by atoms with Gasteiger partial charge in [0.1, 0.15) is 5.75 Å². The first-order chi connectivity index (χ1) is 11.1. The van der Waals surface area contributed by atoms with Gasteiger partial charge < -0.3 is 19.3 Å². The van der Waals surface area contributed by atoms with Crippen LogP contribution in [0.2, 0.25) is 0 Å². The number of hydrogen-bond donors (Lipinski definition) is 0. The van der Waals surface area contributed by atoms with Crippen molar-refractivity contribution in [1.82, 2.24) is 9.80 Å². The summed E-state index contributed by atoms with van der Waals surface area (Å²) >= 11 is 0. The second-order valence-corrected chi connectivity index (χ2v) is 5.55. The molecular weight excluding hydrogens is 296 g/mol. The van der Waals surface area contributed by atoms with Gasteiger partial charge in [0, 0.05) is 39.2 Å². The molecule has 0 unspecified atom stereocenters. The number of ether oxygens (including phenoxy) is 2. The lowest BCUT2D eigenvalue weighted by Gasteiger charge is -2.41. The van der Waals surface area contributed by atoms with Crippen LogP contribution in [0.5, 0.6) is 5.75 Å². The molecule has 6 nitrogen and oxygen atoms in total. The van der Waals surface area contributed by atoms with Crippen LogP contribution in [0.3, 0.4) is 0 Å². The summed E-state index contributed by atoms with van der Waals surface area (Å²) in [6.45, 7) is 3.51. The SMILES string of the molecule is COCCC(=O)N1CCN(C(C)=O)C[C@@H]1c1ccccc1OC. The number of amides is 2. The first-order valence-electron chi connectivity index (χ1n) is 7.75. The van der Waals surface area contributed by atoms with Crippen LogP contribution in [0.15, 0.2) is 24.3 Å². The Morgan fingerprint density at radius 2 is 1.96 bits per heavy atom. The molecular formula is C17H24N2O4. The van der Waals surface area contributed by atoms with Crippen molar-refractivity contribution in [3.8, 4) is 5.75 Å². The highest BCUT2D eigenvalue weighted by molar-refractivity contribution is 5.78. The topological polar surface area (TPSA) is 59.1 Å². The van der Waals surface area contributed by atoms with Crippen molar-refractivity contribution in [3.05, 3.63) is 29.8 Å². The fraction of sp³-hybridized carbons (Fsp3) is 0.529. The minimum Gasteiger partial charge on any atom is -0.496 e. The zero-order chi connectivity index (χ0) is 16.8. The van der Waals surface area contributed by atoms with E-state index in [4.69, 9.17) is 9.47 Å². The third-order valence-electron chi connectivity index (χ3n) is 4.16. The van der Waals surface area contributed by atoms with E-state index in [1.54, 1.807) is 26.0 Å². The predicted octanol–water partition coefficient (Wildman–Crippen LogP) is 1.46. The summed E-state index contributed by atoms with van der Waals surface area (Å²) in [6, 6.07) is 7.44. The van der Waals surface area contributed by atoms with Gasteiger partial charge in [-0.2, -0.15) is 0 Å². The van der Waals surface area contributed by atoms with Gasteiger partial charge in [-0.1, -0.05) is 18.2 Å². The number of nitrogens with zero attached hydrogens (tertiary/aromatic N) is 2. The molecule has 1 atom stereocenters. The molecule has 0 aromatic heterocycles. The standard InChI is InChI=1S/C17H24N2O4/c1-13(20)18-9-10-19(17(21)8-11-22-2)15(12-18)14-6-4-5-7-16(14)23-3/h4-7,15H,8-12H2,1-3H3/t15-/m1/s1. The number of rotatable bonds is 5. The van der Waals surface area contributed by atoms with Crippen LogP contribution in [0.4, 0.5) is 0 Å². The van der Waals surface area contributed by atoms with Gasteiger partial charge in [0.15, 0.2) is 0 Å². The molecule has 1 saturated heterocycles. The number of carbonyl (C=O) groups excluding carboxylic acids is 2. The van der Waals surface area contributed by atoms with E-state index in [-0.39, 0.29) is 17.9 Å². The summed E-state index contributed by atoms with van der Waals surface area (Å²) in [5.74, 6) is 0.785. The average Bonchev–Trinajstić information content (AvgIpc) is 2.58. The van der Waals surface area contributed by atoms with Crippen molar-refractivity contribution >= 4 is 11.8 Å². The van der Waals surface area contributed by atoms with Gasteiger partial charge >= 0.3 is 0 Å². The maximum absolute atomic E-state index is 12.5. The Morgan fingerprint density at radius 1 is 1.22 bits per heavy atom. The van der Waals surface area contributed by atoms with Crippen LogP contribution >= 0.6 is 0 Å². The Labute approximate surface area is 137 Å². The van der Waals surface area contributed by atoms with Gasteiger partial charge in [0.2, 0.25) is 11.8 Å². The maximum Gasteiger partial charge on any atom is 0.225 e. The van der Waals surface area contributed by atoms with Crippen LogP contribution in [0, 0.1) is 0 Å². The zero-order valence-electron chi connectivity index (χ0n) is 13.9. The fourth-order valence-corrected chi connectivity index (χ4v) is 2.91. The van der Waals surface area contributed by atoms with E-state index in [0.717, 1.165) is 11.3 Å². The normalized spacial score (nSPS) is 18.0. The second kappa shape index (κ2) is 7.97. The predicted molar refractivity (Wildman–Crippen MR) is 86.2 cm³/mol. The molecule has 0 spiro atoms. The Balaban J connectivity index is 2.29. The Kier molecular flexibility index (Phi) is 5.98. The number of hydrogen-bond acceptors (Lipinski definition) is 4. The number of methoxy groups -OCH3 is 2. The van der Waals surface area contributed by atoms with Crippen LogP contribution in [0.25, 0.3) is 0 Å². The van der Waals surface area contributed by atoms with Crippen molar-refractivity contribution in [2.75, 3.05) is 40.5 Å². The molecule has 1 fully saturated rings. The van der Waals surface area contributed by atoms with Crippen LogP contribution in [-0.4, -0.2) is 62.1 Å². The molecule has 0 radical (unpaired) electrons. The summed E-state index contributed by atoms with van der Waals surface area (Å²) in [6.07, 6.45) is 0.336. The van der Waals surface area contributed by atoms with E-state index < -0.39 is 0 Å². The number of piperazine rings is 1. The lowest BCUT2D eigenvalue weighted by molar-refractivity contribution is -0.142. The van der Waals surface area contributed by atoms with Crippen LogP contribution in [0.1, 0.15) is 24.9 Å². The maximum atomic E-state index is 12.5. The lowest BCUT2D eigenvalue weighted by atomic mass is 10.0. The molecule has 1 aromatic rings. The quantitative estimate of drug-likeness (QED) is 0.824. The minimum atomic E-state index is -0.201. The van der Waals surface area contributed by atoms with Crippen molar-refractivity contribution < 1.29 is 19.1 Å². The van der Waals surface area contributed by atoms with Gasteiger partial charge in [-0.05, 0) is 6.07 Å². The third kappa shape index (κ3) is 4.01. The lowest BCUT2D eigenvalue weighted by Crippen LogP contribution is -2.52. The molecule has 23 heavy (non-hydrogen) atoms. The van der Waals surface area contributed by atoms with Crippen molar-refractivity contribution in [2.24, 2.45) is 0 Å². The van der Waals surface area contributed by atoms with Gasteiger partial charge in [-0.15, -0.1) is 0 Å². The van der Waals surface area contributed by atoms with Crippen molar-refractivity contribution in [2.45, 2.75) is 19.4 Å². The first kappa shape index (κ1) is 17.3. The van der Waals surface area contributed by atoms with Gasteiger partial charge in [-0.3, -0.25) is 9.59 Å². The molecule has 1 heterocycles. The summed E-state index contributed by atoms with van der Waals surface area (Å²) in [7, 11) is 3.19. The molecule has 1 aliphatic heterocycles. The second-order valence-electron chi connectivity index (χ2n) is 5.55. The van der Waals surface area contributed by atoms with E-state index in [1.807, 2.05) is 29.2 Å².